The summed E-state index contributed by atoms with van der Waals surface area (Å²) in [5, 5.41) is 0. The topological polar surface area (TPSA) is 43.4 Å². The van der Waals surface area contributed by atoms with Crippen LogP contribution in [0.2, 0.25) is 0 Å². The first-order valence-corrected chi connectivity index (χ1v) is 4.32. The Kier molecular flexibility index (Phi) is 2.50. The van der Waals surface area contributed by atoms with Gasteiger partial charge in [0.15, 0.2) is 5.78 Å². The minimum Gasteiger partial charge on any atom is -0.461 e. The number of esters is 1. The van der Waals surface area contributed by atoms with E-state index >= 15 is 0 Å². The number of carbonyl (C=O) groups is 2. The molecule has 0 aromatic heterocycles. The van der Waals surface area contributed by atoms with Crippen molar-refractivity contribution < 1.29 is 14.3 Å². The predicted octanol–water partition coefficient (Wildman–Crippen LogP) is 1.16. The number of rotatable bonds is 1. The molecule has 3 unspecified atom stereocenters. The number of hydrogen-bond acceptors (Lipinski definition) is 3. The van der Waals surface area contributed by atoms with E-state index in [0.717, 1.165) is 0 Å². The SMILES string of the molecule is CCC1OC(=O)C(C)C(=O)C1C. The lowest BCUT2D eigenvalue weighted by molar-refractivity contribution is -0.169. The van der Waals surface area contributed by atoms with E-state index in [0.29, 0.717) is 6.42 Å². The summed E-state index contributed by atoms with van der Waals surface area (Å²) in [6.07, 6.45) is 0.506. The van der Waals surface area contributed by atoms with Crippen LogP contribution in [-0.2, 0) is 14.3 Å². The first kappa shape index (κ1) is 9.23. The molecule has 68 valence electrons. The van der Waals surface area contributed by atoms with Crippen LogP contribution in [0.3, 0.4) is 0 Å². The lowest BCUT2D eigenvalue weighted by Gasteiger charge is -2.29. The average Bonchev–Trinajstić information content (AvgIpc) is 2.08. The van der Waals surface area contributed by atoms with Crippen LogP contribution in [0.15, 0.2) is 0 Å². The average molecular weight is 170 g/mol. The number of ketones is 1. The first-order valence-electron chi connectivity index (χ1n) is 4.32. The van der Waals surface area contributed by atoms with Gasteiger partial charge in [-0.15, -0.1) is 0 Å². The molecule has 1 heterocycles. The highest BCUT2D eigenvalue weighted by molar-refractivity contribution is 6.01. The van der Waals surface area contributed by atoms with Gasteiger partial charge in [-0.05, 0) is 13.3 Å². The molecule has 1 rings (SSSR count). The maximum Gasteiger partial charge on any atom is 0.316 e. The number of hydrogen-bond donors (Lipinski definition) is 0. The van der Waals surface area contributed by atoms with Crippen LogP contribution in [0.1, 0.15) is 27.2 Å². The molecule has 0 amide bonds. The third-order valence-electron chi connectivity index (χ3n) is 2.46. The van der Waals surface area contributed by atoms with E-state index in [1.807, 2.05) is 13.8 Å². The monoisotopic (exact) mass is 170 g/mol. The smallest absolute Gasteiger partial charge is 0.316 e. The molecule has 0 N–H and O–H groups in total. The normalized spacial score (nSPS) is 36.4. The summed E-state index contributed by atoms with van der Waals surface area (Å²) in [4.78, 5) is 22.5. The van der Waals surface area contributed by atoms with Crippen molar-refractivity contribution in [3.05, 3.63) is 0 Å². The Morgan fingerprint density at radius 1 is 1.33 bits per heavy atom. The van der Waals surface area contributed by atoms with Gasteiger partial charge in [0.2, 0.25) is 0 Å². The highest BCUT2D eigenvalue weighted by Crippen LogP contribution is 2.23. The third kappa shape index (κ3) is 1.36. The van der Waals surface area contributed by atoms with Crippen molar-refractivity contribution in [1.29, 1.82) is 0 Å². The Labute approximate surface area is 72.1 Å². The fourth-order valence-electron chi connectivity index (χ4n) is 1.48. The number of cyclic esters (lactones) is 1. The summed E-state index contributed by atoms with van der Waals surface area (Å²) in [7, 11) is 0. The third-order valence-corrected chi connectivity index (χ3v) is 2.46. The molecule has 0 aromatic rings. The standard InChI is InChI=1S/C9H14O3/c1-4-7-5(2)8(10)6(3)9(11)12-7/h5-7H,4H2,1-3H3. The van der Waals surface area contributed by atoms with Crippen LogP contribution >= 0.6 is 0 Å². The van der Waals surface area contributed by atoms with Crippen molar-refractivity contribution in [3.8, 4) is 0 Å². The molecule has 1 fully saturated rings. The molecule has 3 atom stereocenters. The summed E-state index contributed by atoms with van der Waals surface area (Å²) in [5.74, 6) is -1.06. The van der Waals surface area contributed by atoms with Crippen LogP contribution < -0.4 is 0 Å². The second kappa shape index (κ2) is 3.25. The molecule has 0 bridgehead atoms. The minimum atomic E-state index is -0.567. The van der Waals surface area contributed by atoms with Gasteiger partial charge in [0.1, 0.15) is 12.0 Å². The van der Waals surface area contributed by atoms with Gasteiger partial charge >= 0.3 is 5.97 Å². The van der Waals surface area contributed by atoms with Crippen molar-refractivity contribution in [2.24, 2.45) is 11.8 Å². The van der Waals surface area contributed by atoms with E-state index in [1.165, 1.54) is 0 Å². The second-order valence-electron chi connectivity index (χ2n) is 3.30. The van der Waals surface area contributed by atoms with Gasteiger partial charge in [-0.3, -0.25) is 9.59 Å². The highest BCUT2D eigenvalue weighted by atomic mass is 16.5. The molecule has 1 aliphatic heterocycles. The molecule has 0 radical (unpaired) electrons. The van der Waals surface area contributed by atoms with Gasteiger partial charge < -0.3 is 4.74 Å². The Morgan fingerprint density at radius 2 is 1.92 bits per heavy atom. The number of ether oxygens (including phenoxy) is 1. The van der Waals surface area contributed by atoms with Gasteiger partial charge in [-0.25, -0.2) is 0 Å². The van der Waals surface area contributed by atoms with E-state index in [-0.39, 0.29) is 23.8 Å². The summed E-state index contributed by atoms with van der Waals surface area (Å²) >= 11 is 0. The van der Waals surface area contributed by atoms with Crippen molar-refractivity contribution in [2.75, 3.05) is 0 Å². The zero-order valence-electron chi connectivity index (χ0n) is 7.66. The van der Waals surface area contributed by atoms with Crippen LogP contribution in [-0.4, -0.2) is 17.9 Å². The van der Waals surface area contributed by atoms with Gasteiger partial charge in [0.05, 0.1) is 5.92 Å². The van der Waals surface area contributed by atoms with E-state index in [2.05, 4.69) is 0 Å². The highest BCUT2D eigenvalue weighted by Gasteiger charge is 2.38. The fourth-order valence-corrected chi connectivity index (χ4v) is 1.48. The second-order valence-corrected chi connectivity index (χ2v) is 3.30. The Balaban J connectivity index is 2.77. The summed E-state index contributed by atoms with van der Waals surface area (Å²) in [6.45, 7) is 5.34. The molecule has 0 saturated carbocycles. The molecular weight excluding hydrogens is 156 g/mol. The quantitative estimate of drug-likeness (QED) is 0.438. The summed E-state index contributed by atoms with van der Waals surface area (Å²) in [5.41, 5.74) is 0. The van der Waals surface area contributed by atoms with Crippen molar-refractivity contribution in [3.63, 3.8) is 0 Å². The molecule has 1 aliphatic rings. The van der Waals surface area contributed by atoms with E-state index in [4.69, 9.17) is 4.74 Å². The summed E-state index contributed by atoms with van der Waals surface area (Å²) < 4.78 is 5.07. The number of Topliss-reactive ketones (excluding diaryl/α,β-unsaturated/α-hetero) is 1. The molecule has 12 heavy (non-hydrogen) atoms. The Bertz CT molecular complexity index is 210. The van der Waals surface area contributed by atoms with Crippen LogP contribution in [0, 0.1) is 11.8 Å². The van der Waals surface area contributed by atoms with E-state index in [1.54, 1.807) is 6.92 Å². The van der Waals surface area contributed by atoms with E-state index in [9.17, 15) is 9.59 Å². The Hall–Kier alpha value is -0.860. The molecule has 1 saturated heterocycles. The molecular formula is C9H14O3. The molecule has 0 aliphatic carbocycles. The Morgan fingerprint density at radius 3 is 2.42 bits per heavy atom. The zero-order valence-corrected chi connectivity index (χ0v) is 7.66. The van der Waals surface area contributed by atoms with Crippen LogP contribution in [0.4, 0.5) is 0 Å². The zero-order chi connectivity index (χ0) is 9.30. The number of carbonyl (C=O) groups excluding carboxylic acids is 2. The molecule has 0 aromatic carbocycles. The van der Waals surface area contributed by atoms with Crippen molar-refractivity contribution >= 4 is 11.8 Å². The fraction of sp³-hybridized carbons (Fsp3) is 0.778. The van der Waals surface area contributed by atoms with Gasteiger partial charge in [-0.1, -0.05) is 13.8 Å². The van der Waals surface area contributed by atoms with Crippen LogP contribution in [0.5, 0.6) is 0 Å². The minimum absolute atomic E-state index is 0.0121. The molecule has 3 nitrogen and oxygen atoms in total. The van der Waals surface area contributed by atoms with Gasteiger partial charge in [0.25, 0.3) is 0 Å². The van der Waals surface area contributed by atoms with Crippen LogP contribution in [0.25, 0.3) is 0 Å². The molecule has 3 heteroatoms. The maximum atomic E-state index is 11.4. The molecule has 0 spiro atoms. The van der Waals surface area contributed by atoms with Crippen molar-refractivity contribution in [2.45, 2.75) is 33.3 Å². The summed E-state index contributed by atoms with van der Waals surface area (Å²) in [6, 6.07) is 0. The lowest BCUT2D eigenvalue weighted by atomic mass is 9.87. The van der Waals surface area contributed by atoms with E-state index < -0.39 is 5.92 Å². The van der Waals surface area contributed by atoms with Gasteiger partial charge in [0, 0.05) is 0 Å². The largest absolute Gasteiger partial charge is 0.461 e. The maximum absolute atomic E-state index is 11.4. The van der Waals surface area contributed by atoms with Gasteiger partial charge in [-0.2, -0.15) is 0 Å². The predicted molar refractivity (Wildman–Crippen MR) is 43.5 cm³/mol. The lowest BCUT2D eigenvalue weighted by Crippen LogP contribution is -2.43. The van der Waals surface area contributed by atoms with Crippen molar-refractivity contribution in [1.82, 2.24) is 0 Å². The first-order chi connectivity index (χ1) is 5.57.